The smallest absolute Gasteiger partial charge is 0.0284 e. The largest absolute Gasteiger partial charge is 0.245 e. The quantitative estimate of drug-likeness (QED) is 0.517. The number of rotatable bonds is 1. The molecule has 1 aliphatic carbocycles. The van der Waals surface area contributed by atoms with Crippen molar-refractivity contribution in [1.29, 1.82) is 0 Å². The van der Waals surface area contributed by atoms with Crippen molar-refractivity contribution >= 4 is 22.9 Å². The zero-order chi connectivity index (χ0) is 11.2. The van der Waals surface area contributed by atoms with Gasteiger partial charge in [0.25, 0.3) is 0 Å². The summed E-state index contributed by atoms with van der Waals surface area (Å²) in [6.07, 6.45) is 3.96. The maximum absolute atomic E-state index is 2.45. The van der Waals surface area contributed by atoms with E-state index >= 15 is 0 Å². The molecule has 84 valence electrons. The molecule has 0 aromatic rings. The van der Waals surface area contributed by atoms with Gasteiger partial charge in [0.1, 0.15) is 0 Å². The molecule has 1 rings (SSSR count). The van der Waals surface area contributed by atoms with E-state index in [9.17, 15) is 0 Å². The molecule has 0 saturated heterocycles. The Morgan fingerprint density at radius 3 is 1.50 bits per heavy atom. The predicted molar refractivity (Wildman–Crippen MR) is 71.6 cm³/mol. The predicted octanol–water partition coefficient (Wildman–Crippen LogP) is 4.26. The summed E-state index contributed by atoms with van der Waals surface area (Å²) < 4.78 is 2.38. The SMILES string of the molecule is CN(I)C1(C)CC(C)(C)CC(C)(C)C1. The van der Waals surface area contributed by atoms with E-state index in [2.05, 4.69) is 67.6 Å². The summed E-state index contributed by atoms with van der Waals surface area (Å²) in [5, 5.41) is 0. The lowest BCUT2D eigenvalue weighted by Crippen LogP contribution is -2.50. The molecular formula is C12H24IN. The van der Waals surface area contributed by atoms with Crippen LogP contribution in [0.5, 0.6) is 0 Å². The third-order valence-electron chi connectivity index (χ3n) is 3.42. The van der Waals surface area contributed by atoms with Crippen LogP contribution in [0.25, 0.3) is 0 Å². The van der Waals surface area contributed by atoms with Gasteiger partial charge in [-0.2, -0.15) is 0 Å². The first-order valence-corrected chi connectivity index (χ1v) is 6.43. The van der Waals surface area contributed by atoms with Gasteiger partial charge < -0.3 is 0 Å². The molecule has 0 amide bonds. The van der Waals surface area contributed by atoms with E-state index in [0.717, 1.165) is 0 Å². The summed E-state index contributed by atoms with van der Waals surface area (Å²) in [5.74, 6) is 0. The zero-order valence-corrected chi connectivity index (χ0v) is 12.6. The second-order valence-electron chi connectivity index (χ2n) is 6.83. The van der Waals surface area contributed by atoms with E-state index in [1.54, 1.807) is 0 Å². The van der Waals surface area contributed by atoms with Crippen LogP contribution in [0.4, 0.5) is 0 Å². The molecule has 0 unspecified atom stereocenters. The van der Waals surface area contributed by atoms with E-state index < -0.39 is 0 Å². The summed E-state index contributed by atoms with van der Waals surface area (Å²) >= 11 is 2.45. The van der Waals surface area contributed by atoms with E-state index in [1.807, 2.05) is 0 Å². The highest BCUT2D eigenvalue weighted by Gasteiger charge is 2.46. The number of hydrogen-bond acceptors (Lipinski definition) is 1. The highest BCUT2D eigenvalue weighted by molar-refractivity contribution is 14.1. The van der Waals surface area contributed by atoms with Crippen molar-refractivity contribution in [1.82, 2.24) is 3.11 Å². The first-order valence-electron chi connectivity index (χ1n) is 5.46. The molecule has 0 N–H and O–H groups in total. The fourth-order valence-electron chi connectivity index (χ4n) is 3.76. The Hall–Kier alpha value is 0.690. The maximum Gasteiger partial charge on any atom is 0.0284 e. The minimum atomic E-state index is 0.367. The zero-order valence-electron chi connectivity index (χ0n) is 10.4. The van der Waals surface area contributed by atoms with E-state index in [1.165, 1.54) is 19.3 Å². The minimum absolute atomic E-state index is 0.367. The third kappa shape index (κ3) is 2.84. The van der Waals surface area contributed by atoms with Gasteiger partial charge in [-0.15, -0.1) is 0 Å². The highest BCUT2D eigenvalue weighted by Crippen LogP contribution is 2.52. The van der Waals surface area contributed by atoms with Crippen LogP contribution in [0, 0.1) is 10.8 Å². The molecule has 0 aromatic heterocycles. The molecule has 0 bridgehead atoms. The van der Waals surface area contributed by atoms with Crippen molar-refractivity contribution in [3.63, 3.8) is 0 Å². The van der Waals surface area contributed by atoms with Crippen LogP contribution < -0.4 is 0 Å². The van der Waals surface area contributed by atoms with Crippen LogP contribution in [0.1, 0.15) is 53.9 Å². The summed E-state index contributed by atoms with van der Waals surface area (Å²) in [6.45, 7) is 12.0. The van der Waals surface area contributed by atoms with Gasteiger partial charge in [-0.25, -0.2) is 3.11 Å². The first-order chi connectivity index (χ1) is 6.06. The molecule has 0 atom stereocenters. The van der Waals surface area contributed by atoms with E-state index in [-0.39, 0.29) is 0 Å². The van der Waals surface area contributed by atoms with Crippen molar-refractivity contribution in [3.8, 4) is 0 Å². The fourth-order valence-corrected chi connectivity index (χ4v) is 4.10. The van der Waals surface area contributed by atoms with Crippen LogP contribution in [0.3, 0.4) is 0 Å². The molecule has 1 saturated carbocycles. The summed E-state index contributed by atoms with van der Waals surface area (Å²) in [4.78, 5) is 0. The van der Waals surface area contributed by atoms with Gasteiger partial charge in [0.15, 0.2) is 0 Å². The molecule has 1 nitrogen and oxygen atoms in total. The molecule has 0 aliphatic heterocycles. The standard InChI is InChI=1S/C12H24IN/c1-10(2)7-11(3,4)9-12(5,8-10)14(6)13/h7-9H2,1-6H3. The highest BCUT2D eigenvalue weighted by atomic mass is 127. The molecule has 14 heavy (non-hydrogen) atoms. The van der Waals surface area contributed by atoms with Crippen LogP contribution >= 0.6 is 22.9 Å². The minimum Gasteiger partial charge on any atom is -0.245 e. The molecule has 0 heterocycles. The van der Waals surface area contributed by atoms with Crippen LogP contribution in [0.2, 0.25) is 0 Å². The Bertz CT molecular complexity index is 202. The van der Waals surface area contributed by atoms with Crippen molar-refractivity contribution in [2.24, 2.45) is 10.8 Å². The average Bonchev–Trinajstić information content (AvgIpc) is 1.76. The van der Waals surface area contributed by atoms with Gasteiger partial charge in [0.05, 0.1) is 0 Å². The Kier molecular flexibility index (Phi) is 3.30. The fraction of sp³-hybridized carbons (Fsp3) is 1.00. The average molecular weight is 309 g/mol. The van der Waals surface area contributed by atoms with E-state index in [0.29, 0.717) is 16.4 Å². The van der Waals surface area contributed by atoms with E-state index in [4.69, 9.17) is 0 Å². The van der Waals surface area contributed by atoms with Crippen LogP contribution in [-0.4, -0.2) is 15.7 Å². The van der Waals surface area contributed by atoms with Crippen molar-refractivity contribution in [2.75, 3.05) is 7.05 Å². The third-order valence-corrected chi connectivity index (χ3v) is 4.58. The van der Waals surface area contributed by atoms with Crippen molar-refractivity contribution in [2.45, 2.75) is 59.4 Å². The van der Waals surface area contributed by atoms with Crippen molar-refractivity contribution < 1.29 is 0 Å². The molecule has 0 radical (unpaired) electrons. The summed E-state index contributed by atoms with van der Waals surface area (Å²) in [5.41, 5.74) is 1.33. The lowest BCUT2D eigenvalue weighted by atomic mass is 9.59. The molecule has 0 aromatic carbocycles. The Morgan fingerprint density at radius 1 is 0.857 bits per heavy atom. The Balaban J connectivity index is 2.92. The number of nitrogens with zero attached hydrogens (tertiary/aromatic N) is 1. The molecule has 1 fully saturated rings. The monoisotopic (exact) mass is 309 g/mol. The number of halogens is 1. The van der Waals surface area contributed by atoms with Gasteiger partial charge in [-0.3, -0.25) is 0 Å². The first kappa shape index (κ1) is 12.8. The second-order valence-corrected chi connectivity index (χ2v) is 8.28. The van der Waals surface area contributed by atoms with Crippen LogP contribution in [-0.2, 0) is 0 Å². The molecule has 0 spiro atoms. The van der Waals surface area contributed by atoms with Gasteiger partial charge >= 0.3 is 0 Å². The van der Waals surface area contributed by atoms with Gasteiger partial charge in [-0.1, -0.05) is 27.7 Å². The van der Waals surface area contributed by atoms with Gasteiger partial charge in [-0.05, 0) is 44.1 Å². The Morgan fingerprint density at radius 2 is 1.21 bits per heavy atom. The topological polar surface area (TPSA) is 3.24 Å². The summed E-state index contributed by atoms with van der Waals surface area (Å²) in [6, 6.07) is 0. The van der Waals surface area contributed by atoms with Gasteiger partial charge in [0.2, 0.25) is 0 Å². The Labute approximate surface area is 103 Å². The van der Waals surface area contributed by atoms with Crippen LogP contribution in [0.15, 0.2) is 0 Å². The lowest BCUT2D eigenvalue weighted by molar-refractivity contribution is 0.0167. The molecule has 2 heteroatoms. The normalized spacial score (nSPS) is 29.1. The summed E-state index contributed by atoms with van der Waals surface area (Å²) in [7, 11) is 2.21. The molecular weight excluding hydrogens is 285 g/mol. The lowest BCUT2D eigenvalue weighted by Gasteiger charge is -2.52. The maximum atomic E-state index is 2.45. The molecule has 1 aliphatic rings. The second kappa shape index (κ2) is 3.62. The van der Waals surface area contributed by atoms with Crippen molar-refractivity contribution in [3.05, 3.63) is 0 Å². The number of hydrogen-bond donors (Lipinski definition) is 0. The van der Waals surface area contributed by atoms with Gasteiger partial charge in [0, 0.05) is 28.4 Å².